The highest BCUT2D eigenvalue weighted by Crippen LogP contribution is 2.17. The fourth-order valence-corrected chi connectivity index (χ4v) is 3.46. The molecule has 0 aliphatic carbocycles. The van der Waals surface area contributed by atoms with E-state index in [9.17, 15) is 4.79 Å². The first-order chi connectivity index (χ1) is 13.6. The van der Waals surface area contributed by atoms with E-state index in [1.165, 1.54) is 5.57 Å². The molecule has 0 fully saturated rings. The minimum Gasteiger partial charge on any atom is -0.465 e. The average Bonchev–Trinajstić information content (AvgIpc) is 3.27. The van der Waals surface area contributed by atoms with Crippen LogP contribution in [-0.4, -0.2) is 58.9 Å². The average molecular weight is 387 g/mol. The molecule has 3 heterocycles. The number of carbonyl (C=O) groups excluding carboxylic acids is 1. The fraction of sp³-hybridized carbons (Fsp3) is 0.550. The highest BCUT2D eigenvalue weighted by molar-refractivity contribution is 5.76. The molecule has 1 N–H and O–H groups in total. The van der Waals surface area contributed by atoms with Gasteiger partial charge in [0.05, 0.1) is 18.9 Å². The second-order valence-corrected chi connectivity index (χ2v) is 7.19. The fourth-order valence-electron chi connectivity index (χ4n) is 3.46. The molecule has 8 nitrogen and oxygen atoms in total. The van der Waals surface area contributed by atoms with E-state index in [2.05, 4.69) is 38.0 Å². The van der Waals surface area contributed by atoms with E-state index in [1.54, 1.807) is 13.4 Å². The molecular formula is C20H29N5O3. The standard InChI is InChI=1S/C20H29N5O3/c1-15(13-17-5-4-11-28-17)14-24-8-6-18-22-23-20(25(18)10-9-24)16(2)21-19(26)7-12-27-3/h4-5,11,13,16H,6-10,12,14H2,1-3H3,(H,21,26)/b15-13+/t16-/m1/s1. The Morgan fingerprint density at radius 1 is 1.39 bits per heavy atom. The second-order valence-electron chi connectivity index (χ2n) is 7.19. The maximum Gasteiger partial charge on any atom is 0.222 e. The van der Waals surface area contributed by atoms with Crippen LogP contribution >= 0.6 is 0 Å². The summed E-state index contributed by atoms with van der Waals surface area (Å²) >= 11 is 0. The van der Waals surface area contributed by atoms with Crippen LogP contribution in [-0.2, 0) is 22.5 Å². The molecule has 0 saturated carbocycles. The van der Waals surface area contributed by atoms with Crippen molar-refractivity contribution in [1.29, 1.82) is 0 Å². The molecule has 3 rings (SSSR count). The van der Waals surface area contributed by atoms with E-state index >= 15 is 0 Å². The number of amides is 1. The molecule has 0 bridgehead atoms. The lowest BCUT2D eigenvalue weighted by molar-refractivity contribution is -0.122. The minimum atomic E-state index is -0.183. The van der Waals surface area contributed by atoms with Crippen molar-refractivity contribution in [2.75, 3.05) is 33.4 Å². The number of carbonyl (C=O) groups is 1. The molecule has 8 heteroatoms. The van der Waals surface area contributed by atoms with Gasteiger partial charge in [0, 0.05) is 46.1 Å². The molecule has 2 aromatic rings. The van der Waals surface area contributed by atoms with Crippen molar-refractivity contribution in [1.82, 2.24) is 25.0 Å². The van der Waals surface area contributed by atoms with Crippen LogP contribution in [0.15, 0.2) is 28.4 Å². The van der Waals surface area contributed by atoms with E-state index in [0.29, 0.717) is 13.0 Å². The SMILES string of the molecule is COCCC(=O)N[C@H](C)c1nnc2n1CCN(C/C(C)=C/c1ccco1)CC2. The Morgan fingerprint density at radius 3 is 3.00 bits per heavy atom. The molecule has 0 aromatic carbocycles. The summed E-state index contributed by atoms with van der Waals surface area (Å²) < 4.78 is 12.5. The molecule has 152 valence electrons. The lowest BCUT2D eigenvalue weighted by atomic mass is 10.2. The monoisotopic (exact) mass is 387 g/mol. The van der Waals surface area contributed by atoms with Gasteiger partial charge in [0.25, 0.3) is 0 Å². The molecule has 28 heavy (non-hydrogen) atoms. The number of methoxy groups -OCH3 is 1. The van der Waals surface area contributed by atoms with Gasteiger partial charge in [-0.3, -0.25) is 9.69 Å². The Morgan fingerprint density at radius 2 is 2.25 bits per heavy atom. The highest BCUT2D eigenvalue weighted by Gasteiger charge is 2.22. The van der Waals surface area contributed by atoms with Crippen LogP contribution in [0.4, 0.5) is 0 Å². The predicted octanol–water partition coefficient (Wildman–Crippen LogP) is 2.05. The van der Waals surface area contributed by atoms with Gasteiger partial charge in [-0.2, -0.15) is 0 Å². The van der Waals surface area contributed by atoms with Crippen LogP contribution in [0.25, 0.3) is 6.08 Å². The van der Waals surface area contributed by atoms with Crippen LogP contribution in [0.5, 0.6) is 0 Å². The predicted molar refractivity (Wildman–Crippen MR) is 106 cm³/mol. The summed E-state index contributed by atoms with van der Waals surface area (Å²) in [6.45, 7) is 8.01. The van der Waals surface area contributed by atoms with Gasteiger partial charge in [0.2, 0.25) is 5.91 Å². The van der Waals surface area contributed by atoms with Crippen molar-refractivity contribution in [2.24, 2.45) is 0 Å². The number of hydrogen-bond donors (Lipinski definition) is 1. The number of rotatable bonds is 8. The van der Waals surface area contributed by atoms with Gasteiger partial charge in [-0.1, -0.05) is 5.57 Å². The molecule has 1 aliphatic rings. The van der Waals surface area contributed by atoms with E-state index in [4.69, 9.17) is 9.15 Å². The smallest absolute Gasteiger partial charge is 0.222 e. The lowest BCUT2D eigenvalue weighted by Crippen LogP contribution is -2.31. The van der Waals surface area contributed by atoms with Crippen molar-refractivity contribution in [3.8, 4) is 0 Å². The van der Waals surface area contributed by atoms with Gasteiger partial charge < -0.3 is 19.0 Å². The summed E-state index contributed by atoms with van der Waals surface area (Å²) in [6.07, 6.45) is 4.95. The van der Waals surface area contributed by atoms with Crippen molar-refractivity contribution in [3.63, 3.8) is 0 Å². The number of nitrogens with zero attached hydrogens (tertiary/aromatic N) is 4. The highest BCUT2D eigenvalue weighted by atomic mass is 16.5. The van der Waals surface area contributed by atoms with Crippen molar-refractivity contribution in [3.05, 3.63) is 41.4 Å². The Balaban J connectivity index is 1.59. The molecule has 0 unspecified atom stereocenters. The van der Waals surface area contributed by atoms with Crippen molar-refractivity contribution < 1.29 is 13.9 Å². The molecule has 0 spiro atoms. The zero-order chi connectivity index (χ0) is 19.9. The Labute approximate surface area is 165 Å². The zero-order valence-electron chi connectivity index (χ0n) is 16.9. The van der Waals surface area contributed by atoms with E-state index in [-0.39, 0.29) is 11.9 Å². The molecule has 1 amide bonds. The summed E-state index contributed by atoms with van der Waals surface area (Å²) in [6, 6.07) is 3.67. The van der Waals surface area contributed by atoms with Crippen molar-refractivity contribution >= 4 is 12.0 Å². The molecular weight excluding hydrogens is 358 g/mol. The first-order valence-corrected chi connectivity index (χ1v) is 9.70. The van der Waals surface area contributed by atoms with Crippen LogP contribution in [0.3, 0.4) is 0 Å². The molecule has 1 atom stereocenters. The van der Waals surface area contributed by atoms with Crippen molar-refractivity contribution in [2.45, 2.75) is 39.3 Å². The first-order valence-electron chi connectivity index (χ1n) is 9.70. The number of furan rings is 1. The summed E-state index contributed by atoms with van der Waals surface area (Å²) in [5.74, 6) is 2.62. The number of nitrogens with one attached hydrogen (secondary N) is 1. The van der Waals surface area contributed by atoms with Gasteiger partial charge in [-0.05, 0) is 32.1 Å². The number of fused-ring (bicyclic) bond motifs is 1. The Bertz CT molecular complexity index is 797. The lowest BCUT2D eigenvalue weighted by Gasteiger charge is -2.20. The van der Waals surface area contributed by atoms with E-state index in [0.717, 1.165) is 50.0 Å². The summed E-state index contributed by atoms with van der Waals surface area (Å²) in [5, 5.41) is 11.7. The third kappa shape index (κ3) is 5.30. The van der Waals surface area contributed by atoms with Gasteiger partial charge in [0.15, 0.2) is 5.82 Å². The molecule has 0 saturated heterocycles. The summed E-state index contributed by atoms with van der Waals surface area (Å²) in [5.41, 5.74) is 1.26. The number of aromatic nitrogens is 3. The Kier molecular flexibility index (Phi) is 7.00. The Hall–Kier alpha value is -2.45. The number of hydrogen-bond acceptors (Lipinski definition) is 6. The maximum atomic E-state index is 12.0. The van der Waals surface area contributed by atoms with Crippen LogP contribution < -0.4 is 5.32 Å². The van der Waals surface area contributed by atoms with Crippen LogP contribution in [0.1, 0.15) is 43.7 Å². The first kappa shape index (κ1) is 20.3. The summed E-state index contributed by atoms with van der Waals surface area (Å²) in [7, 11) is 1.59. The maximum absolute atomic E-state index is 12.0. The molecule has 2 aromatic heterocycles. The molecule has 0 radical (unpaired) electrons. The van der Waals surface area contributed by atoms with E-state index in [1.807, 2.05) is 19.1 Å². The third-order valence-electron chi connectivity index (χ3n) is 4.85. The van der Waals surface area contributed by atoms with Crippen LogP contribution in [0.2, 0.25) is 0 Å². The van der Waals surface area contributed by atoms with Gasteiger partial charge in [-0.25, -0.2) is 0 Å². The van der Waals surface area contributed by atoms with Gasteiger partial charge in [0.1, 0.15) is 11.6 Å². The zero-order valence-corrected chi connectivity index (χ0v) is 16.9. The third-order valence-corrected chi connectivity index (χ3v) is 4.85. The normalized spacial score (nSPS) is 16.5. The second kappa shape index (κ2) is 9.66. The van der Waals surface area contributed by atoms with Gasteiger partial charge >= 0.3 is 0 Å². The minimum absolute atomic E-state index is 0.0411. The topological polar surface area (TPSA) is 85.4 Å². The summed E-state index contributed by atoms with van der Waals surface area (Å²) in [4.78, 5) is 14.4. The largest absolute Gasteiger partial charge is 0.465 e. The molecule has 1 aliphatic heterocycles. The van der Waals surface area contributed by atoms with Crippen LogP contribution in [0, 0.1) is 0 Å². The van der Waals surface area contributed by atoms with E-state index < -0.39 is 0 Å². The number of ether oxygens (including phenoxy) is 1. The van der Waals surface area contributed by atoms with Gasteiger partial charge in [-0.15, -0.1) is 10.2 Å². The quantitative estimate of drug-likeness (QED) is 0.746.